The van der Waals surface area contributed by atoms with Crippen molar-refractivity contribution in [3.63, 3.8) is 0 Å². The van der Waals surface area contributed by atoms with Crippen LogP contribution < -0.4 is 4.90 Å². The van der Waals surface area contributed by atoms with Crippen LogP contribution in [0.5, 0.6) is 0 Å². The van der Waals surface area contributed by atoms with E-state index in [9.17, 15) is 35.9 Å². The molecule has 1 aliphatic heterocycles. The van der Waals surface area contributed by atoms with Crippen LogP contribution in [0.4, 0.5) is 32.0 Å². The molecule has 0 N–H and O–H groups in total. The first kappa shape index (κ1) is 29.7. The summed E-state index contributed by atoms with van der Waals surface area (Å²) >= 11 is 12.2. The van der Waals surface area contributed by atoms with Crippen LogP contribution in [0.2, 0.25) is 10.0 Å². The minimum atomic E-state index is -5.05. The lowest BCUT2D eigenvalue weighted by Crippen LogP contribution is -2.59. The van der Waals surface area contributed by atoms with Gasteiger partial charge in [0.1, 0.15) is 5.54 Å². The second-order valence-electron chi connectivity index (χ2n) is 9.53. The second-order valence-corrected chi connectivity index (χ2v) is 10.3. The van der Waals surface area contributed by atoms with Crippen LogP contribution >= 0.6 is 23.2 Å². The van der Waals surface area contributed by atoms with E-state index in [2.05, 4.69) is 4.98 Å². The van der Waals surface area contributed by atoms with E-state index in [-0.39, 0.29) is 41.1 Å². The number of alkyl halides is 6. The summed E-state index contributed by atoms with van der Waals surface area (Å²) in [5.41, 5.74) is -4.20. The summed E-state index contributed by atoms with van der Waals surface area (Å²) in [4.78, 5) is 34.0. The van der Waals surface area contributed by atoms with Crippen molar-refractivity contribution in [1.29, 1.82) is 0 Å². The molecule has 2 aromatic carbocycles. The summed E-state index contributed by atoms with van der Waals surface area (Å²) in [6.07, 6.45) is -7.56. The molecule has 3 aromatic rings. The molecule has 1 atom stereocenters. The molecular weight excluding hydrogens is 583 g/mol. The Morgan fingerprint density at radius 3 is 2.10 bits per heavy atom. The third-order valence-electron chi connectivity index (χ3n) is 6.54. The number of carbonyl (C=O) groups is 2. The highest BCUT2D eigenvalue weighted by atomic mass is 35.5. The SMILES string of the molecule is CC1(Cc2ccc(Cl)c(Cl)c2)C(=O)N(Cc2cc(C(F)(F)F)cc(C(F)(F)F)c2)CCC(=O)N1c1cccnc1. The van der Waals surface area contributed by atoms with Gasteiger partial charge < -0.3 is 4.90 Å². The number of aromatic nitrogens is 1. The van der Waals surface area contributed by atoms with Crippen LogP contribution in [0.15, 0.2) is 60.9 Å². The average molecular weight is 604 g/mol. The van der Waals surface area contributed by atoms with Gasteiger partial charge in [-0.25, -0.2) is 0 Å². The van der Waals surface area contributed by atoms with E-state index in [0.717, 1.165) is 4.90 Å². The fourth-order valence-corrected chi connectivity index (χ4v) is 5.07. The minimum absolute atomic E-state index is 0.0236. The molecule has 0 radical (unpaired) electrons. The van der Waals surface area contributed by atoms with Gasteiger partial charge in [0.25, 0.3) is 0 Å². The van der Waals surface area contributed by atoms with Crippen LogP contribution in [0.3, 0.4) is 0 Å². The van der Waals surface area contributed by atoms with Crippen molar-refractivity contribution < 1.29 is 35.9 Å². The second kappa shape index (κ2) is 10.9. The molecule has 0 spiro atoms. The largest absolute Gasteiger partial charge is 0.416 e. The smallest absolute Gasteiger partial charge is 0.336 e. The summed E-state index contributed by atoms with van der Waals surface area (Å²) < 4.78 is 80.7. The summed E-state index contributed by atoms with van der Waals surface area (Å²) in [6.45, 7) is 0.661. The van der Waals surface area contributed by atoms with Gasteiger partial charge in [-0.2, -0.15) is 26.3 Å². The lowest BCUT2D eigenvalue weighted by molar-refractivity contribution is -0.143. The first-order valence-corrected chi connectivity index (χ1v) is 12.6. The zero-order chi connectivity index (χ0) is 29.5. The molecule has 1 unspecified atom stereocenters. The van der Waals surface area contributed by atoms with Gasteiger partial charge in [0.15, 0.2) is 0 Å². The highest BCUT2D eigenvalue weighted by Crippen LogP contribution is 2.38. The Morgan fingerprint density at radius 1 is 0.900 bits per heavy atom. The molecule has 1 aromatic heterocycles. The van der Waals surface area contributed by atoms with E-state index >= 15 is 0 Å². The molecule has 2 amide bonds. The topological polar surface area (TPSA) is 53.5 Å². The number of nitrogens with zero attached hydrogens (tertiary/aromatic N) is 3. The van der Waals surface area contributed by atoms with Crippen LogP contribution in [-0.4, -0.2) is 33.8 Å². The number of hydrogen-bond donors (Lipinski definition) is 0. The van der Waals surface area contributed by atoms with Crippen LogP contribution in [0.25, 0.3) is 0 Å². The van der Waals surface area contributed by atoms with Crippen LogP contribution in [0, 0.1) is 0 Å². The van der Waals surface area contributed by atoms with Crippen molar-refractivity contribution in [3.05, 3.63) is 93.2 Å². The van der Waals surface area contributed by atoms with Crippen molar-refractivity contribution in [3.8, 4) is 0 Å². The van der Waals surface area contributed by atoms with E-state index in [1.54, 1.807) is 18.2 Å². The minimum Gasteiger partial charge on any atom is -0.336 e. The fourth-order valence-electron chi connectivity index (χ4n) is 4.75. The number of amides is 2. The molecule has 13 heteroatoms. The van der Waals surface area contributed by atoms with E-state index in [1.165, 1.54) is 36.4 Å². The Morgan fingerprint density at radius 2 is 1.55 bits per heavy atom. The first-order chi connectivity index (χ1) is 18.6. The molecule has 1 saturated heterocycles. The van der Waals surface area contributed by atoms with Crippen LogP contribution in [-0.2, 0) is 34.9 Å². The Bertz CT molecular complexity index is 1400. The van der Waals surface area contributed by atoms with Crippen molar-refractivity contribution >= 4 is 40.7 Å². The molecule has 40 heavy (non-hydrogen) atoms. The van der Waals surface area contributed by atoms with E-state index < -0.39 is 47.4 Å². The average Bonchev–Trinajstić information content (AvgIpc) is 2.95. The number of rotatable bonds is 5. The van der Waals surface area contributed by atoms with Gasteiger partial charge in [0, 0.05) is 32.1 Å². The monoisotopic (exact) mass is 603 g/mol. The normalized spacial score (nSPS) is 18.7. The first-order valence-electron chi connectivity index (χ1n) is 11.8. The maximum Gasteiger partial charge on any atom is 0.416 e. The maximum absolute atomic E-state index is 14.1. The highest BCUT2D eigenvalue weighted by molar-refractivity contribution is 6.42. The highest BCUT2D eigenvalue weighted by Gasteiger charge is 2.48. The molecule has 5 nitrogen and oxygen atoms in total. The molecule has 4 rings (SSSR count). The van der Waals surface area contributed by atoms with E-state index in [0.29, 0.717) is 23.4 Å². The van der Waals surface area contributed by atoms with Gasteiger partial charge in [-0.15, -0.1) is 0 Å². The van der Waals surface area contributed by atoms with Gasteiger partial charge >= 0.3 is 12.4 Å². The van der Waals surface area contributed by atoms with Gasteiger partial charge in [-0.05, 0) is 60.5 Å². The lowest BCUT2D eigenvalue weighted by Gasteiger charge is -2.40. The third kappa shape index (κ3) is 6.20. The quantitative estimate of drug-likeness (QED) is 0.290. The summed E-state index contributed by atoms with van der Waals surface area (Å²) in [5, 5.41) is 0.457. The molecule has 0 bridgehead atoms. The zero-order valence-electron chi connectivity index (χ0n) is 20.8. The standard InChI is InChI=1S/C27H21Cl2F6N3O2/c1-25(13-16-4-5-21(28)22(29)11-16)24(40)37(8-6-23(39)38(25)20-3-2-7-36-14-20)15-17-9-18(26(30,31)32)12-19(10-17)27(33,34)35/h2-5,7,9-12,14H,6,8,13,15H2,1H3. The number of carbonyl (C=O) groups excluding carboxylic acids is 2. The zero-order valence-corrected chi connectivity index (χ0v) is 22.3. The Labute approximate surface area is 235 Å². The van der Waals surface area contributed by atoms with Crippen molar-refractivity contribution in [2.24, 2.45) is 0 Å². The predicted octanol–water partition coefficient (Wildman–Crippen LogP) is 7.19. The molecule has 1 aliphatic rings. The molecule has 0 saturated carbocycles. The molecular formula is C27H21Cl2F6N3O2. The number of anilines is 1. The predicted molar refractivity (Wildman–Crippen MR) is 137 cm³/mol. The molecule has 1 fully saturated rings. The van der Waals surface area contributed by atoms with E-state index in [4.69, 9.17) is 23.2 Å². The number of halogens is 8. The van der Waals surface area contributed by atoms with E-state index in [1.807, 2.05) is 0 Å². The summed E-state index contributed by atoms with van der Waals surface area (Å²) in [6, 6.07) is 8.95. The fraction of sp³-hybridized carbons (Fsp3) is 0.296. The van der Waals surface area contributed by atoms with Gasteiger partial charge in [-0.3, -0.25) is 19.5 Å². The third-order valence-corrected chi connectivity index (χ3v) is 7.28. The van der Waals surface area contributed by atoms with Crippen molar-refractivity contribution in [2.45, 2.75) is 44.2 Å². The van der Waals surface area contributed by atoms with Crippen molar-refractivity contribution in [2.75, 3.05) is 11.4 Å². The number of pyridine rings is 1. The maximum atomic E-state index is 14.1. The molecule has 2 heterocycles. The Hall–Kier alpha value is -3.31. The van der Waals surface area contributed by atoms with Gasteiger partial charge in [0.05, 0.1) is 33.1 Å². The summed E-state index contributed by atoms with van der Waals surface area (Å²) in [5.74, 6) is -1.16. The van der Waals surface area contributed by atoms with Gasteiger partial charge in [0.2, 0.25) is 11.8 Å². The Balaban J connectivity index is 1.80. The Kier molecular flexibility index (Phi) is 8.11. The van der Waals surface area contributed by atoms with Crippen LogP contribution in [0.1, 0.15) is 35.6 Å². The number of benzene rings is 2. The summed E-state index contributed by atoms with van der Waals surface area (Å²) in [7, 11) is 0. The lowest BCUT2D eigenvalue weighted by atomic mass is 9.88. The van der Waals surface area contributed by atoms with Crippen molar-refractivity contribution in [1.82, 2.24) is 9.88 Å². The number of hydrogen-bond acceptors (Lipinski definition) is 3. The molecule has 0 aliphatic carbocycles. The van der Waals surface area contributed by atoms with Gasteiger partial charge in [-0.1, -0.05) is 29.3 Å². The molecule has 212 valence electrons.